The minimum Gasteiger partial charge on any atom is -0.278 e. The van der Waals surface area contributed by atoms with E-state index >= 15 is 0 Å². The van der Waals surface area contributed by atoms with Gasteiger partial charge in [0.2, 0.25) is 0 Å². The van der Waals surface area contributed by atoms with Gasteiger partial charge >= 0.3 is 0 Å². The monoisotopic (exact) mass is 145 g/mol. The SMILES string of the molecule is [2H]C1=NNc2ccccc2C=C1. The molecule has 0 fully saturated rings. The molecule has 0 aliphatic carbocycles. The molecule has 0 radical (unpaired) electrons. The van der Waals surface area contributed by atoms with Crippen LogP contribution in [0, 0.1) is 0 Å². The van der Waals surface area contributed by atoms with Crippen molar-refractivity contribution in [3.05, 3.63) is 35.9 Å². The van der Waals surface area contributed by atoms with Gasteiger partial charge in [-0.1, -0.05) is 24.3 Å². The lowest BCUT2D eigenvalue weighted by Crippen LogP contribution is -1.87. The van der Waals surface area contributed by atoms with Gasteiger partial charge in [0.25, 0.3) is 0 Å². The molecule has 0 saturated heterocycles. The molecule has 0 saturated carbocycles. The highest BCUT2D eigenvalue weighted by atomic mass is 15.3. The van der Waals surface area contributed by atoms with Crippen LogP contribution in [0.4, 0.5) is 5.69 Å². The van der Waals surface area contributed by atoms with Gasteiger partial charge < -0.3 is 0 Å². The average Bonchev–Trinajstić information content (AvgIpc) is 2.29. The highest BCUT2D eigenvalue weighted by molar-refractivity contribution is 5.83. The second-order valence-corrected chi connectivity index (χ2v) is 2.27. The van der Waals surface area contributed by atoms with Crippen molar-refractivity contribution < 1.29 is 1.37 Å². The molecular weight excluding hydrogens is 136 g/mol. The van der Waals surface area contributed by atoms with Crippen molar-refractivity contribution in [1.82, 2.24) is 0 Å². The van der Waals surface area contributed by atoms with Crippen molar-refractivity contribution in [2.24, 2.45) is 5.10 Å². The summed E-state index contributed by atoms with van der Waals surface area (Å²) in [5.74, 6) is 0. The van der Waals surface area contributed by atoms with Gasteiger partial charge in [0, 0.05) is 6.19 Å². The van der Waals surface area contributed by atoms with Crippen molar-refractivity contribution in [3.8, 4) is 0 Å². The smallest absolute Gasteiger partial charge is 0.0859 e. The number of nitrogens with zero attached hydrogens (tertiary/aromatic N) is 1. The number of hydrazone groups is 1. The zero-order valence-electron chi connectivity index (χ0n) is 6.91. The summed E-state index contributed by atoms with van der Waals surface area (Å²) in [6.07, 6.45) is 3.78. The van der Waals surface area contributed by atoms with E-state index in [1.165, 1.54) is 0 Å². The van der Waals surface area contributed by atoms with E-state index in [0.29, 0.717) is 0 Å². The lowest BCUT2D eigenvalue weighted by atomic mass is 10.2. The molecule has 1 aliphatic rings. The molecular formula is C9H8N2. The van der Waals surface area contributed by atoms with Crippen LogP contribution >= 0.6 is 0 Å². The Balaban J connectivity index is 2.48. The first-order valence-electron chi connectivity index (χ1n) is 3.94. The first-order chi connectivity index (χ1) is 5.86. The number of allylic oxidation sites excluding steroid dienone is 1. The Bertz CT molecular complexity index is 355. The Hall–Kier alpha value is -1.57. The summed E-state index contributed by atoms with van der Waals surface area (Å²) in [4.78, 5) is 0. The van der Waals surface area contributed by atoms with Gasteiger partial charge in [-0.15, -0.1) is 0 Å². The van der Waals surface area contributed by atoms with Gasteiger partial charge in [-0.2, -0.15) is 5.10 Å². The third kappa shape index (κ3) is 1.15. The number of hydrogen-bond acceptors (Lipinski definition) is 2. The predicted octanol–water partition coefficient (Wildman–Crippen LogP) is 2.11. The molecule has 0 unspecified atom stereocenters. The first kappa shape index (κ1) is 5.13. The molecule has 1 aliphatic heterocycles. The van der Waals surface area contributed by atoms with Crippen molar-refractivity contribution in [1.29, 1.82) is 0 Å². The summed E-state index contributed by atoms with van der Waals surface area (Å²) in [5, 5.41) is 3.81. The Morgan fingerprint density at radius 1 is 1.36 bits per heavy atom. The standard InChI is InChI=1S/C9H8N2/c1-2-6-9-8(4-1)5-3-7-10-11-9/h1-7,11H/i7D. The maximum Gasteiger partial charge on any atom is 0.0859 e. The minimum atomic E-state index is 0.242. The largest absolute Gasteiger partial charge is 0.278 e. The van der Waals surface area contributed by atoms with Gasteiger partial charge in [0.15, 0.2) is 0 Å². The highest BCUT2D eigenvalue weighted by Gasteiger charge is 1.96. The molecule has 2 heteroatoms. The van der Waals surface area contributed by atoms with E-state index in [1.807, 2.05) is 30.3 Å². The van der Waals surface area contributed by atoms with Gasteiger partial charge in [-0.05, 0) is 17.7 Å². The molecule has 1 aromatic carbocycles. The number of nitrogens with one attached hydrogen (secondary N) is 1. The van der Waals surface area contributed by atoms with Crippen LogP contribution in [-0.4, -0.2) is 6.19 Å². The number of hydrogen-bond donors (Lipinski definition) is 1. The second kappa shape index (κ2) is 2.58. The van der Waals surface area contributed by atoms with Crippen molar-refractivity contribution >= 4 is 18.0 Å². The van der Waals surface area contributed by atoms with Crippen LogP contribution in [-0.2, 0) is 0 Å². The van der Waals surface area contributed by atoms with Gasteiger partial charge in [0.1, 0.15) is 0 Å². The van der Waals surface area contributed by atoms with E-state index in [9.17, 15) is 0 Å². The fraction of sp³-hybridized carbons (Fsp3) is 0. The Morgan fingerprint density at radius 2 is 2.27 bits per heavy atom. The number of anilines is 1. The van der Waals surface area contributed by atoms with E-state index in [-0.39, 0.29) is 6.19 Å². The molecule has 1 N–H and O–H groups in total. The maximum absolute atomic E-state index is 7.29. The topological polar surface area (TPSA) is 24.4 Å². The van der Waals surface area contributed by atoms with Crippen LogP contribution in [0.2, 0.25) is 0 Å². The zero-order chi connectivity index (χ0) is 8.39. The van der Waals surface area contributed by atoms with Crippen LogP contribution in [0.1, 0.15) is 6.93 Å². The molecule has 0 amide bonds. The maximum atomic E-state index is 7.29. The molecule has 0 bridgehead atoms. The minimum absolute atomic E-state index is 0.242. The van der Waals surface area contributed by atoms with Gasteiger partial charge in [0.05, 0.1) is 7.06 Å². The van der Waals surface area contributed by atoms with Crippen molar-refractivity contribution in [2.75, 3.05) is 5.43 Å². The molecule has 1 heterocycles. The number of rotatable bonds is 0. The van der Waals surface area contributed by atoms with Gasteiger partial charge in [-0.3, -0.25) is 5.43 Å². The quantitative estimate of drug-likeness (QED) is 0.594. The van der Waals surface area contributed by atoms with E-state index in [2.05, 4.69) is 10.5 Å². The summed E-state index contributed by atoms with van der Waals surface area (Å²) in [6, 6.07) is 7.80. The Kier molecular flexibility index (Phi) is 1.20. The molecule has 54 valence electrons. The molecule has 11 heavy (non-hydrogen) atoms. The summed E-state index contributed by atoms with van der Waals surface area (Å²) in [6.45, 7) is 0. The molecule has 0 spiro atoms. The lowest BCUT2D eigenvalue weighted by Gasteiger charge is -2.00. The lowest BCUT2D eigenvalue weighted by molar-refractivity contribution is 1.36. The Labute approximate surface area is 66.7 Å². The van der Waals surface area contributed by atoms with E-state index in [0.717, 1.165) is 11.3 Å². The summed E-state index contributed by atoms with van der Waals surface area (Å²) in [7, 11) is 0. The third-order valence-corrected chi connectivity index (χ3v) is 1.54. The van der Waals surface area contributed by atoms with Crippen LogP contribution in [0.3, 0.4) is 0 Å². The highest BCUT2D eigenvalue weighted by Crippen LogP contribution is 2.17. The second-order valence-electron chi connectivity index (χ2n) is 2.27. The van der Waals surface area contributed by atoms with Crippen LogP contribution in [0.15, 0.2) is 35.4 Å². The van der Waals surface area contributed by atoms with Crippen molar-refractivity contribution in [3.63, 3.8) is 0 Å². The summed E-state index contributed by atoms with van der Waals surface area (Å²) < 4.78 is 7.29. The van der Waals surface area contributed by atoms with E-state index in [1.54, 1.807) is 6.08 Å². The summed E-state index contributed by atoms with van der Waals surface area (Å²) >= 11 is 0. The van der Waals surface area contributed by atoms with E-state index < -0.39 is 0 Å². The first-order valence-corrected chi connectivity index (χ1v) is 3.44. The average molecular weight is 145 g/mol. The molecule has 2 nitrogen and oxygen atoms in total. The van der Waals surface area contributed by atoms with Crippen LogP contribution in [0.25, 0.3) is 6.08 Å². The molecule has 2 rings (SSSR count). The fourth-order valence-corrected chi connectivity index (χ4v) is 1.00. The third-order valence-electron chi connectivity index (χ3n) is 1.54. The summed E-state index contributed by atoms with van der Waals surface area (Å²) in [5.41, 5.74) is 4.81. The van der Waals surface area contributed by atoms with Crippen molar-refractivity contribution in [2.45, 2.75) is 0 Å². The normalized spacial score (nSPS) is 15.6. The van der Waals surface area contributed by atoms with E-state index in [4.69, 9.17) is 1.37 Å². The number of benzene rings is 1. The number of para-hydroxylation sites is 1. The van der Waals surface area contributed by atoms with Crippen LogP contribution < -0.4 is 5.43 Å². The fourth-order valence-electron chi connectivity index (χ4n) is 1.00. The predicted molar refractivity (Wildman–Crippen MR) is 47.6 cm³/mol. The molecule has 1 aromatic rings. The Morgan fingerprint density at radius 3 is 3.27 bits per heavy atom. The molecule has 0 aromatic heterocycles. The number of fused-ring (bicyclic) bond motifs is 1. The zero-order valence-corrected chi connectivity index (χ0v) is 5.91. The van der Waals surface area contributed by atoms with Gasteiger partial charge in [-0.25, -0.2) is 0 Å². The molecule has 0 atom stereocenters. The van der Waals surface area contributed by atoms with Crippen LogP contribution in [0.5, 0.6) is 0 Å².